The molecule has 4 rings (SSSR count). The molecule has 0 aliphatic rings. The van der Waals surface area contributed by atoms with Gasteiger partial charge in [0.1, 0.15) is 12.9 Å². The highest BCUT2D eigenvalue weighted by Crippen LogP contribution is 2.40. The number of aromatic nitrogens is 1. The summed E-state index contributed by atoms with van der Waals surface area (Å²) >= 11 is 1.67. The Kier molecular flexibility index (Phi) is 3.20. The fraction of sp³-hybridized carbons (Fsp3) is 0.150. The van der Waals surface area contributed by atoms with Crippen molar-refractivity contribution in [2.45, 2.75) is 13.8 Å². The Hall–Kier alpha value is -2.26. The molecule has 4 aromatic rings. The number of thiophene rings is 1. The van der Waals surface area contributed by atoms with Gasteiger partial charge in [0.25, 0.3) is 0 Å². The van der Waals surface area contributed by atoms with Gasteiger partial charge in [-0.05, 0) is 37.6 Å². The van der Waals surface area contributed by atoms with Gasteiger partial charge in [0.2, 0.25) is 5.69 Å². The van der Waals surface area contributed by atoms with Crippen molar-refractivity contribution in [1.29, 1.82) is 0 Å². The third-order valence-corrected chi connectivity index (χ3v) is 5.54. The lowest BCUT2D eigenvalue weighted by molar-refractivity contribution is -0.660. The standard InChI is InChI=1S/C20H17FNS/c1-12-4-9-17(22(3)11-12)19-13(2)5-7-16-15-8-6-14(21)10-18(15)23-20(16)19/h4-11H,1-3H3/q+1. The van der Waals surface area contributed by atoms with Crippen LogP contribution in [-0.2, 0) is 7.05 Å². The predicted octanol–water partition coefficient (Wildman–Crippen LogP) is 5.30. The lowest BCUT2D eigenvalue weighted by atomic mass is 10.0. The van der Waals surface area contributed by atoms with E-state index in [0.29, 0.717) is 0 Å². The number of benzene rings is 2. The van der Waals surface area contributed by atoms with Crippen molar-refractivity contribution in [3.05, 3.63) is 65.6 Å². The maximum absolute atomic E-state index is 13.6. The van der Waals surface area contributed by atoms with Crippen molar-refractivity contribution < 1.29 is 8.96 Å². The lowest BCUT2D eigenvalue weighted by Crippen LogP contribution is -2.31. The molecule has 0 radical (unpaired) electrons. The molecule has 0 bridgehead atoms. The Labute approximate surface area is 138 Å². The van der Waals surface area contributed by atoms with E-state index in [1.807, 2.05) is 6.07 Å². The van der Waals surface area contributed by atoms with Crippen molar-refractivity contribution >= 4 is 31.5 Å². The minimum absolute atomic E-state index is 0.178. The zero-order chi connectivity index (χ0) is 16.1. The second-order valence-electron chi connectivity index (χ2n) is 6.08. The highest BCUT2D eigenvalue weighted by Gasteiger charge is 2.19. The molecule has 2 aromatic carbocycles. The van der Waals surface area contributed by atoms with Gasteiger partial charge < -0.3 is 0 Å². The second kappa shape index (κ2) is 5.14. The van der Waals surface area contributed by atoms with Crippen LogP contribution in [0.2, 0.25) is 0 Å². The molecule has 0 amide bonds. The predicted molar refractivity (Wildman–Crippen MR) is 95.4 cm³/mol. The third kappa shape index (κ3) is 2.23. The smallest absolute Gasteiger partial charge is 0.207 e. The maximum atomic E-state index is 13.6. The molecule has 0 atom stereocenters. The monoisotopic (exact) mass is 322 g/mol. The molecule has 0 aliphatic heterocycles. The van der Waals surface area contributed by atoms with Crippen LogP contribution < -0.4 is 4.57 Å². The number of pyridine rings is 1. The second-order valence-corrected chi connectivity index (χ2v) is 7.13. The number of nitrogens with zero attached hydrogens (tertiary/aromatic N) is 1. The SMILES string of the molecule is Cc1ccc(-c2c(C)ccc3c2sc2cc(F)ccc23)[n+](C)c1. The first-order valence-electron chi connectivity index (χ1n) is 7.62. The first-order chi connectivity index (χ1) is 11.0. The van der Waals surface area contributed by atoms with Crippen LogP contribution in [0.25, 0.3) is 31.4 Å². The highest BCUT2D eigenvalue weighted by atomic mass is 32.1. The third-order valence-electron chi connectivity index (χ3n) is 4.35. The summed E-state index contributed by atoms with van der Waals surface area (Å²) in [6.45, 7) is 4.24. The van der Waals surface area contributed by atoms with Crippen molar-refractivity contribution in [2.24, 2.45) is 7.05 Å². The molecule has 0 saturated heterocycles. The average molecular weight is 322 g/mol. The number of hydrogen-bond acceptors (Lipinski definition) is 1. The number of halogens is 1. The first kappa shape index (κ1) is 14.3. The van der Waals surface area contributed by atoms with Crippen LogP contribution in [0.3, 0.4) is 0 Å². The Morgan fingerprint density at radius 3 is 2.52 bits per heavy atom. The minimum atomic E-state index is -0.178. The van der Waals surface area contributed by atoms with Gasteiger partial charge >= 0.3 is 0 Å². The maximum Gasteiger partial charge on any atom is 0.213 e. The first-order valence-corrected chi connectivity index (χ1v) is 8.44. The molecule has 0 spiro atoms. The molecule has 0 unspecified atom stereocenters. The summed E-state index contributed by atoms with van der Waals surface area (Å²) in [6, 6.07) is 13.7. The van der Waals surface area contributed by atoms with Crippen molar-refractivity contribution in [2.75, 3.05) is 0 Å². The molecule has 2 heterocycles. The largest absolute Gasteiger partial charge is 0.213 e. The molecule has 0 saturated carbocycles. The van der Waals surface area contributed by atoms with E-state index in [0.717, 1.165) is 10.1 Å². The van der Waals surface area contributed by atoms with Gasteiger partial charge in [-0.1, -0.05) is 18.2 Å². The zero-order valence-corrected chi connectivity index (χ0v) is 14.2. The zero-order valence-electron chi connectivity index (χ0n) is 13.4. The summed E-state index contributed by atoms with van der Waals surface area (Å²) in [7, 11) is 2.08. The molecule has 2 aromatic heterocycles. The van der Waals surface area contributed by atoms with E-state index < -0.39 is 0 Å². The number of rotatable bonds is 1. The van der Waals surface area contributed by atoms with Crippen molar-refractivity contribution in [3.8, 4) is 11.3 Å². The van der Waals surface area contributed by atoms with Crippen LogP contribution in [0.1, 0.15) is 11.1 Å². The Morgan fingerprint density at radius 2 is 1.74 bits per heavy atom. The van der Waals surface area contributed by atoms with Crippen LogP contribution in [0.5, 0.6) is 0 Å². The highest BCUT2D eigenvalue weighted by molar-refractivity contribution is 7.26. The molecule has 0 fully saturated rings. The summed E-state index contributed by atoms with van der Waals surface area (Å²) in [5, 5.41) is 2.33. The molecular weight excluding hydrogens is 305 g/mol. The van der Waals surface area contributed by atoms with Crippen LogP contribution in [0.15, 0.2) is 48.7 Å². The number of fused-ring (bicyclic) bond motifs is 3. The summed E-state index contributed by atoms with van der Waals surface area (Å²) in [5.41, 5.74) is 4.90. The molecule has 114 valence electrons. The molecule has 0 N–H and O–H groups in total. The van der Waals surface area contributed by atoms with E-state index in [1.54, 1.807) is 23.5 Å². The average Bonchev–Trinajstić information content (AvgIpc) is 2.85. The van der Waals surface area contributed by atoms with Crippen LogP contribution >= 0.6 is 11.3 Å². The normalized spacial score (nSPS) is 11.5. The van der Waals surface area contributed by atoms with Gasteiger partial charge in [-0.2, -0.15) is 0 Å². The lowest BCUT2D eigenvalue weighted by Gasteiger charge is -2.06. The van der Waals surface area contributed by atoms with Crippen molar-refractivity contribution in [1.82, 2.24) is 0 Å². The molecule has 3 heteroatoms. The van der Waals surface area contributed by atoms with E-state index in [4.69, 9.17) is 0 Å². The summed E-state index contributed by atoms with van der Waals surface area (Å²) < 4.78 is 18.0. The van der Waals surface area contributed by atoms with Gasteiger partial charge in [-0.15, -0.1) is 11.3 Å². The van der Waals surface area contributed by atoms with E-state index in [-0.39, 0.29) is 5.82 Å². The quantitative estimate of drug-likeness (QED) is 0.419. The molecule has 0 aliphatic carbocycles. The van der Waals surface area contributed by atoms with Gasteiger partial charge in [0.05, 0.1) is 5.56 Å². The Bertz CT molecular complexity index is 1060. The van der Waals surface area contributed by atoms with E-state index >= 15 is 0 Å². The summed E-state index contributed by atoms with van der Waals surface area (Å²) in [4.78, 5) is 0. The number of aryl methyl sites for hydroxylation is 3. The van der Waals surface area contributed by atoms with E-state index in [9.17, 15) is 4.39 Å². The molecular formula is C20H17FNS+. The van der Waals surface area contributed by atoms with Crippen LogP contribution in [0, 0.1) is 19.7 Å². The van der Waals surface area contributed by atoms with Gasteiger partial charge in [0.15, 0.2) is 6.20 Å². The fourth-order valence-corrected chi connectivity index (χ4v) is 4.57. The Morgan fingerprint density at radius 1 is 0.957 bits per heavy atom. The van der Waals surface area contributed by atoms with Crippen molar-refractivity contribution in [3.63, 3.8) is 0 Å². The molecule has 1 nitrogen and oxygen atoms in total. The summed E-state index contributed by atoms with van der Waals surface area (Å²) in [6.07, 6.45) is 2.14. The Balaban J connectivity index is 2.13. The summed E-state index contributed by atoms with van der Waals surface area (Å²) in [5.74, 6) is -0.178. The van der Waals surface area contributed by atoms with E-state index in [1.165, 1.54) is 32.5 Å². The van der Waals surface area contributed by atoms with Crippen LogP contribution in [0.4, 0.5) is 4.39 Å². The minimum Gasteiger partial charge on any atom is -0.207 e. The topological polar surface area (TPSA) is 3.88 Å². The van der Waals surface area contributed by atoms with Crippen LogP contribution in [-0.4, -0.2) is 0 Å². The van der Waals surface area contributed by atoms with Gasteiger partial charge in [-0.25, -0.2) is 8.96 Å². The van der Waals surface area contributed by atoms with E-state index in [2.05, 4.69) is 55.9 Å². The van der Waals surface area contributed by atoms with Gasteiger partial charge in [-0.3, -0.25) is 0 Å². The van der Waals surface area contributed by atoms with Gasteiger partial charge in [0, 0.05) is 31.8 Å². The molecule has 23 heavy (non-hydrogen) atoms. The number of hydrogen-bond donors (Lipinski definition) is 0. The fourth-order valence-electron chi connectivity index (χ4n) is 3.24.